The van der Waals surface area contributed by atoms with Crippen LogP contribution >= 0.6 is 0 Å². The minimum absolute atomic E-state index is 0.222. The van der Waals surface area contributed by atoms with Gasteiger partial charge in [-0.05, 0) is 24.8 Å². The van der Waals surface area contributed by atoms with Crippen molar-refractivity contribution in [2.24, 2.45) is 5.41 Å². The molecule has 1 N–H and O–H groups in total. The van der Waals surface area contributed by atoms with Gasteiger partial charge >= 0.3 is 0 Å². The molecule has 21 heavy (non-hydrogen) atoms. The van der Waals surface area contributed by atoms with Gasteiger partial charge in [0.1, 0.15) is 12.9 Å². The second-order valence-electron chi connectivity index (χ2n) is 6.42. The highest BCUT2D eigenvalue weighted by Crippen LogP contribution is 2.20. The summed E-state index contributed by atoms with van der Waals surface area (Å²) in [5.74, 6) is 0.664. The molecule has 0 fully saturated rings. The van der Waals surface area contributed by atoms with Crippen LogP contribution in [0, 0.1) is 5.41 Å². The van der Waals surface area contributed by atoms with Crippen LogP contribution in [0.3, 0.4) is 0 Å². The molecule has 1 rings (SSSR count). The first-order chi connectivity index (χ1) is 9.93. The van der Waals surface area contributed by atoms with E-state index in [9.17, 15) is 4.79 Å². The molecular weight excluding hydrogens is 264 g/mol. The second kappa shape index (κ2) is 8.78. The Labute approximate surface area is 128 Å². The lowest BCUT2D eigenvalue weighted by molar-refractivity contribution is -0.115. The molecule has 1 aromatic heterocycles. The number of hydrogen-bond donors (Lipinski definition) is 1. The molecule has 1 heterocycles. The van der Waals surface area contributed by atoms with Crippen molar-refractivity contribution >= 4 is 6.29 Å². The van der Waals surface area contributed by atoms with E-state index in [-0.39, 0.29) is 5.41 Å². The van der Waals surface area contributed by atoms with E-state index in [1.165, 1.54) is 5.56 Å². The molecule has 0 amide bonds. The first kappa shape index (κ1) is 17.6. The van der Waals surface area contributed by atoms with E-state index in [4.69, 9.17) is 4.74 Å². The molecule has 0 radical (unpaired) electrons. The maximum atomic E-state index is 10.8. The summed E-state index contributed by atoms with van der Waals surface area (Å²) >= 11 is 0. The number of nitrogens with zero attached hydrogens (tertiary/aromatic N) is 1. The predicted molar refractivity (Wildman–Crippen MR) is 85.7 cm³/mol. The third-order valence-electron chi connectivity index (χ3n) is 3.31. The van der Waals surface area contributed by atoms with Gasteiger partial charge in [0.2, 0.25) is 5.88 Å². The van der Waals surface area contributed by atoms with Gasteiger partial charge in [-0.2, -0.15) is 0 Å². The second-order valence-corrected chi connectivity index (χ2v) is 6.42. The smallest absolute Gasteiger partial charge is 0.213 e. The highest BCUT2D eigenvalue weighted by atomic mass is 16.5. The van der Waals surface area contributed by atoms with Crippen LogP contribution in [0.2, 0.25) is 0 Å². The largest absolute Gasteiger partial charge is 0.476 e. The fourth-order valence-corrected chi connectivity index (χ4v) is 1.95. The molecule has 0 saturated heterocycles. The van der Waals surface area contributed by atoms with E-state index in [1.807, 2.05) is 32.2 Å². The molecule has 0 aromatic carbocycles. The van der Waals surface area contributed by atoms with Gasteiger partial charge in [-0.25, -0.2) is 4.98 Å². The standard InChI is InChI=1S/C17H28N2O2/c1-14(2)18-10-11-21-16-8-7-15(12-19-16)6-5-9-17(3,4)13-20/h7-8,12-14,18H,5-6,9-11H2,1-4H3. The quantitative estimate of drug-likeness (QED) is 0.532. The van der Waals surface area contributed by atoms with E-state index in [0.29, 0.717) is 18.5 Å². The number of carbonyl (C=O) groups is 1. The number of aryl methyl sites for hydroxylation is 1. The van der Waals surface area contributed by atoms with Gasteiger partial charge in [0.05, 0.1) is 0 Å². The third kappa shape index (κ3) is 7.81. The minimum atomic E-state index is -0.222. The predicted octanol–water partition coefficient (Wildman–Crippen LogP) is 3.01. The SMILES string of the molecule is CC(C)NCCOc1ccc(CCCC(C)(C)C=O)cn1. The van der Waals surface area contributed by atoms with Crippen molar-refractivity contribution in [2.75, 3.05) is 13.2 Å². The fraction of sp³-hybridized carbons (Fsp3) is 0.647. The number of nitrogens with one attached hydrogen (secondary N) is 1. The Bertz CT molecular complexity index is 413. The van der Waals surface area contributed by atoms with Crippen molar-refractivity contribution in [1.29, 1.82) is 0 Å². The van der Waals surface area contributed by atoms with Gasteiger partial charge in [-0.1, -0.05) is 33.8 Å². The van der Waals surface area contributed by atoms with Crippen molar-refractivity contribution in [1.82, 2.24) is 10.3 Å². The number of hydrogen-bond acceptors (Lipinski definition) is 4. The molecule has 0 aliphatic carbocycles. The lowest BCUT2D eigenvalue weighted by Gasteiger charge is -2.15. The Kier molecular flexibility index (Phi) is 7.37. The molecule has 0 spiro atoms. The molecule has 4 heteroatoms. The average Bonchev–Trinajstić information content (AvgIpc) is 2.45. The van der Waals surface area contributed by atoms with E-state index in [1.54, 1.807) is 0 Å². The van der Waals surface area contributed by atoms with E-state index < -0.39 is 0 Å². The van der Waals surface area contributed by atoms with E-state index >= 15 is 0 Å². The van der Waals surface area contributed by atoms with Crippen LogP contribution in [0.5, 0.6) is 5.88 Å². The average molecular weight is 292 g/mol. The van der Waals surface area contributed by atoms with E-state index in [0.717, 1.165) is 32.1 Å². The summed E-state index contributed by atoms with van der Waals surface area (Å²) < 4.78 is 5.57. The van der Waals surface area contributed by atoms with Gasteiger partial charge in [-0.3, -0.25) is 0 Å². The molecule has 4 nitrogen and oxygen atoms in total. The number of pyridine rings is 1. The van der Waals surface area contributed by atoms with Gasteiger partial charge in [-0.15, -0.1) is 0 Å². The third-order valence-corrected chi connectivity index (χ3v) is 3.31. The number of rotatable bonds is 10. The number of carbonyl (C=O) groups excluding carboxylic acids is 1. The van der Waals surface area contributed by atoms with Crippen molar-refractivity contribution < 1.29 is 9.53 Å². The molecule has 0 saturated carbocycles. The zero-order valence-corrected chi connectivity index (χ0v) is 13.7. The highest BCUT2D eigenvalue weighted by Gasteiger charge is 2.15. The summed E-state index contributed by atoms with van der Waals surface area (Å²) in [7, 11) is 0. The molecule has 0 atom stereocenters. The van der Waals surface area contributed by atoms with Crippen LogP contribution in [0.4, 0.5) is 0 Å². The highest BCUT2D eigenvalue weighted by molar-refractivity contribution is 5.57. The van der Waals surface area contributed by atoms with Crippen LogP contribution in [0.1, 0.15) is 46.1 Å². The van der Waals surface area contributed by atoms with Gasteiger partial charge < -0.3 is 14.8 Å². The summed E-state index contributed by atoms with van der Waals surface area (Å²) in [4.78, 5) is 15.2. The van der Waals surface area contributed by atoms with Crippen LogP contribution in [-0.4, -0.2) is 30.5 Å². The van der Waals surface area contributed by atoms with Crippen LogP contribution in [-0.2, 0) is 11.2 Å². The van der Waals surface area contributed by atoms with Crippen molar-refractivity contribution in [3.05, 3.63) is 23.9 Å². The zero-order chi connectivity index (χ0) is 15.7. The van der Waals surface area contributed by atoms with Gasteiger partial charge in [0.15, 0.2) is 0 Å². The molecule has 0 bridgehead atoms. The monoisotopic (exact) mass is 292 g/mol. The normalized spacial score (nSPS) is 11.7. The molecule has 118 valence electrons. The Morgan fingerprint density at radius 3 is 2.71 bits per heavy atom. The maximum Gasteiger partial charge on any atom is 0.213 e. The van der Waals surface area contributed by atoms with Crippen LogP contribution in [0.25, 0.3) is 0 Å². The lowest BCUT2D eigenvalue weighted by atomic mass is 9.88. The van der Waals surface area contributed by atoms with Crippen LogP contribution in [0.15, 0.2) is 18.3 Å². The summed E-state index contributed by atoms with van der Waals surface area (Å²) in [5, 5.41) is 3.29. The van der Waals surface area contributed by atoms with Gasteiger partial charge in [0, 0.05) is 30.3 Å². The number of aromatic nitrogens is 1. The Morgan fingerprint density at radius 1 is 1.38 bits per heavy atom. The number of ether oxygens (including phenoxy) is 1. The molecule has 1 aromatic rings. The van der Waals surface area contributed by atoms with Crippen molar-refractivity contribution in [3.8, 4) is 5.88 Å². The minimum Gasteiger partial charge on any atom is -0.476 e. The van der Waals surface area contributed by atoms with Crippen LogP contribution < -0.4 is 10.1 Å². The molecule has 0 aliphatic heterocycles. The summed E-state index contributed by atoms with van der Waals surface area (Å²) in [6, 6.07) is 4.43. The number of aldehydes is 1. The summed E-state index contributed by atoms with van der Waals surface area (Å²) in [6.45, 7) is 9.61. The Balaban J connectivity index is 2.28. The molecular formula is C17H28N2O2. The van der Waals surface area contributed by atoms with Crippen molar-refractivity contribution in [2.45, 2.75) is 53.0 Å². The van der Waals surface area contributed by atoms with Crippen molar-refractivity contribution in [3.63, 3.8) is 0 Å². The zero-order valence-electron chi connectivity index (χ0n) is 13.7. The van der Waals surface area contributed by atoms with E-state index in [2.05, 4.69) is 24.1 Å². The maximum absolute atomic E-state index is 10.8. The molecule has 0 aliphatic rings. The molecule has 0 unspecified atom stereocenters. The van der Waals surface area contributed by atoms with Gasteiger partial charge in [0.25, 0.3) is 0 Å². The first-order valence-corrected chi connectivity index (χ1v) is 7.70. The summed E-state index contributed by atoms with van der Waals surface area (Å²) in [6.07, 6.45) is 5.73. The topological polar surface area (TPSA) is 51.2 Å². The lowest BCUT2D eigenvalue weighted by Crippen LogP contribution is -2.27. The Hall–Kier alpha value is -1.42. The Morgan fingerprint density at radius 2 is 2.14 bits per heavy atom. The fourth-order valence-electron chi connectivity index (χ4n) is 1.95. The summed E-state index contributed by atoms with van der Waals surface area (Å²) in [5.41, 5.74) is 0.962. The first-order valence-electron chi connectivity index (χ1n) is 7.70.